The van der Waals surface area contributed by atoms with Crippen LogP contribution < -0.4 is 0 Å². The van der Waals surface area contributed by atoms with Crippen molar-refractivity contribution in [2.24, 2.45) is 0 Å². The highest BCUT2D eigenvalue weighted by molar-refractivity contribution is 6.35. The van der Waals surface area contributed by atoms with Crippen molar-refractivity contribution in [3.05, 3.63) is 62.9 Å². The number of nitrogens with zero attached hydrogens (tertiary/aromatic N) is 1. The Morgan fingerprint density at radius 1 is 1.36 bits per heavy atom. The van der Waals surface area contributed by atoms with Gasteiger partial charge in [-0.15, -0.1) is 0 Å². The van der Waals surface area contributed by atoms with Crippen molar-refractivity contribution in [3.63, 3.8) is 0 Å². The second-order valence-electron chi connectivity index (χ2n) is 6.29. The van der Waals surface area contributed by atoms with E-state index in [0.29, 0.717) is 22.0 Å². The zero-order chi connectivity index (χ0) is 18.2. The number of fused-ring (bicyclic) bond motifs is 1. The van der Waals surface area contributed by atoms with Crippen LogP contribution in [0.3, 0.4) is 0 Å². The van der Waals surface area contributed by atoms with Crippen LogP contribution in [0.1, 0.15) is 46.4 Å². The summed E-state index contributed by atoms with van der Waals surface area (Å²) in [4.78, 5) is 28.8. The number of aliphatic hydroxyl groups is 1. The van der Waals surface area contributed by atoms with Gasteiger partial charge < -0.3 is 5.11 Å². The Morgan fingerprint density at radius 3 is 2.84 bits per heavy atom. The second kappa shape index (κ2) is 6.87. The molecule has 2 aromatic rings. The molecule has 0 saturated heterocycles. The van der Waals surface area contributed by atoms with Crippen LogP contribution in [-0.4, -0.2) is 21.7 Å². The fourth-order valence-corrected chi connectivity index (χ4v) is 3.98. The van der Waals surface area contributed by atoms with Crippen molar-refractivity contribution in [2.45, 2.75) is 38.2 Å². The lowest BCUT2D eigenvalue weighted by Crippen LogP contribution is -2.41. The average molecular weight is 378 g/mol. The number of aromatic nitrogens is 1. The molecule has 1 heterocycles. The van der Waals surface area contributed by atoms with E-state index in [-0.39, 0.29) is 36.5 Å². The predicted octanol–water partition coefficient (Wildman–Crippen LogP) is 4.06. The van der Waals surface area contributed by atoms with Gasteiger partial charge in [0.2, 0.25) is 0 Å². The van der Waals surface area contributed by atoms with Crippen molar-refractivity contribution in [1.82, 2.24) is 4.98 Å². The third-order valence-corrected chi connectivity index (χ3v) is 5.23. The van der Waals surface area contributed by atoms with Crippen LogP contribution in [0, 0.1) is 6.92 Å². The first-order valence-electron chi connectivity index (χ1n) is 8.02. The van der Waals surface area contributed by atoms with Gasteiger partial charge in [0.25, 0.3) is 0 Å². The average Bonchev–Trinajstić information content (AvgIpc) is 2.57. The topological polar surface area (TPSA) is 67.3 Å². The molecule has 1 aliphatic rings. The molecule has 0 spiro atoms. The Bertz CT molecular complexity index is 842. The van der Waals surface area contributed by atoms with Gasteiger partial charge in [0.1, 0.15) is 5.69 Å². The Hall–Kier alpha value is -1.75. The lowest BCUT2D eigenvalue weighted by molar-refractivity contribution is -0.139. The molecule has 0 aliphatic heterocycles. The summed E-state index contributed by atoms with van der Waals surface area (Å²) in [6.45, 7) is 1.88. The van der Waals surface area contributed by atoms with Crippen LogP contribution in [0.25, 0.3) is 0 Å². The van der Waals surface area contributed by atoms with E-state index in [1.54, 1.807) is 24.3 Å². The van der Waals surface area contributed by atoms with Crippen molar-refractivity contribution < 1.29 is 14.7 Å². The molecule has 1 atom stereocenters. The summed E-state index contributed by atoms with van der Waals surface area (Å²) in [5.74, 6) is -0.482. The molecular formula is C19H17Cl2NO3. The van der Waals surface area contributed by atoms with Crippen LogP contribution in [-0.2, 0) is 16.8 Å². The number of Topliss-reactive ketones (excluding diaryl/α,β-unsaturated/α-hetero) is 2. The Labute approximate surface area is 155 Å². The summed E-state index contributed by atoms with van der Waals surface area (Å²) in [5.41, 5.74) is 0.546. The number of benzene rings is 1. The zero-order valence-electron chi connectivity index (χ0n) is 13.7. The third-order valence-electron chi connectivity index (χ3n) is 4.68. The summed E-state index contributed by atoms with van der Waals surface area (Å²) in [5, 5.41) is 12.0. The quantitative estimate of drug-likeness (QED) is 0.871. The maximum Gasteiger partial charge on any atom is 0.181 e. The largest absolute Gasteiger partial charge is 0.377 e. The number of halogens is 2. The second-order valence-corrected chi connectivity index (χ2v) is 7.13. The van der Waals surface area contributed by atoms with Gasteiger partial charge >= 0.3 is 0 Å². The van der Waals surface area contributed by atoms with E-state index in [1.807, 2.05) is 6.92 Å². The molecule has 25 heavy (non-hydrogen) atoms. The maximum absolute atomic E-state index is 12.8. The van der Waals surface area contributed by atoms with Gasteiger partial charge in [0.15, 0.2) is 17.2 Å². The summed E-state index contributed by atoms with van der Waals surface area (Å²) in [6, 6.07) is 6.65. The molecule has 3 rings (SSSR count). The Kier molecular flexibility index (Phi) is 4.96. The van der Waals surface area contributed by atoms with Gasteiger partial charge in [-0.25, -0.2) is 0 Å². The number of ketones is 2. The first kappa shape index (κ1) is 18.1. The van der Waals surface area contributed by atoms with E-state index in [9.17, 15) is 14.7 Å². The number of aryl methyl sites for hydroxylation is 1. The molecule has 0 amide bonds. The van der Waals surface area contributed by atoms with Crippen LogP contribution >= 0.6 is 23.2 Å². The van der Waals surface area contributed by atoms with Crippen molar-refractivity contribution in [3.8, 4) is 0 Å². The van der Waals surface area contributed by atoms with E-state index >= 15 is 0 Å². The van der Waals surface area contributed by atoms with E-state index in [4.69, 9.17) is 23.2 Å². The molecule has 0 radical (unpaired) electrons. The summed E-state index contributed by atoms with van der Waals surface area (Å²) < 4.78 is 0. The lowest BCUT2D eigenvalue weighted by atomic mass is 9.77. The van der Waals surface area contributed by atoms with Crippen molar-refractivity contribution >= 4 is 34.8 Å². The number of carbonyl (C=O) groups is 2. The van der Waals surface area contributed by atoms with Crippen LogP contribution in [0.2, 0.25) is 10.0 Å². The molecule has 6 heteroatoms. The molecule has 1 unspecified atom stereocenters. The van der Waals surface area contributed by atoms with Crippen molar-refractivity contribution in [2.75, 3.05) is 0 Å². The minimum atomic E-state index is -1.68. The summed E-state index contributed by atoms with van der Waals surface area (Å²) in [6.07, 6.45) is 2.18. The summed E-state index contributed by atoms with van der Waals surface area (Å²) in [7, 11) is 0. The smallest absolute Gasteiger partial charge is 0.181 e. The molecule has 1 N–H and O–H groups in total. The van der Waals surface area contributed by atoms with Gasteiger partial charge in [0, 0.05) is 34.6 Å². The standard InChI is InChI=1S/C19H17Cl2NO3/c1-11-9-12(20)10-15(21)13(11)4-5-17(24)19(25)7-6-16(23)18-14(19)3-2-8-22-18/h2-3,8-10,25H,4-7H2,1H3. The minimum absolute atomic E-state index is 0.0801. The Morgan fingerprint density at radius 2 is 2.12 bits per heavy atom. The van der Waals surface area contributed by atoms with Gasteiger partial charge in [0.05, 0.1) is 0 Å². The van der Waals surface area contributed by atoms with E-state index in [0.717, 1.165) is 11.1 Å². The third kappa shape index (κ3) is 3.34. The maximum atomic E-state index is 12.8. The first-order chi connectivity index (χ1) is 11.8. The highest BCUT2D eigenvalue weighted by atomic mass is 35.5. The lowest BCUT2D eigenvalue weighted by Gasteiger charge is -2.31. The van der Waals surface area contributed by atoms with E-state index < -0.39 is 5.60 Å². The van der Waals surface area contributed by atoms with Gasteiger partial charge in [-0.3, -0.25) is 14.6 Å². The van der Waals surface area contributed by atoms with Crippen LogP contribution in [0.15, 0.2) is 30.5 Å². The highest BCUT2D eigenvalue weighted by Gasteiger charge is 2.43. The fraction of sp³-hybridized carbons (Fsp3) is 0.316. The van der Waals surface area contributed by atoms with Gasteiger partial charge in [-0.1, -0.05) is 29.3 Å². The normalized spacial score (nSPS) is 19.6. The molecule has 4 nitrogen and oxygen atoms in total. The predicted molar refractivity (Wildman–Crippen MR) is 96.2 cm³/mol. The van der Waals surface area contributed by atoms with Crippen molar-refractivity contribution in [1.29, 1.82) is 0 Å². The zero-order valence-corrected chi connectivity index (χ0v) is 15.2. The number of hydrogen-bond donors (Lipinski definition) is 1. The van der Waals surface area contributed by atoms with Gasteiger partial charge in [-0.05, 0) is 49.1 Å². The number of carbonyl (C=O) groups excluding carboxylic acids is 2. The Balaban J connectivity index is 1.85. The molecule has 1 aromatic heterocycles. The molecule has 130 valence electrons. The first-order valence-corrected chi connectivity index (χ1v) is 8.77. The number of hydrogen-bond acceptors (Lipinski definition) is 4. The van der Waals surface area contributed by atoms with Crippen LogP contribution in [0.4, 0.5) is 0 Å². The van der Waals surface area contributed by atoms with Crippen LogP contribution in [0.5, 0.6) is 0 Å². The molecule has 0 fully saturated rings. The number of rotatable bonds is 4. The molecule has 0 bridgehead atoms. The highest BCUT2D eigenvalue weighted by Crippen LogP contribution is 2.36. The monoisotopic (exact) mass is 377 g/mol. The molecule has 1 aromatic carbocycles. The summed E-state index contributed by atoms with van der Waals surface area (Å²) >= 11 is 12.2. The van der Waals surface area contributed by atoms with Gasteiger partial charge in [-0.2, -0.15) is 0 Å². The van der Waals surface area contributed by atoms with E-state index in [2.05, 4.69) is 4.98 Å². The molecular weight excluding hydrogens is 361 g/mol. The van der Waals surface area contributed by atoms with E-state index in [1.165, 1.54) is 6.20 Å². The SMILES string of the molecule is Cc1cc(Cl)cc(Cl)c1CCC(=O)C1(O)CCC(=O)c2ncccc21. The fourth-order valence-electron chi connectivity index (χ4n) is 3.29. The molecule has 0 saturated carbocycles. The number of pyridine rings is 1. The molecule has 1 aliphatic carbocycles. The minimum Gasteiger partial charge on any atom is -0.377 e.